The van der Waals surface area contributed by atoms with E-state index in [2.05, 4.69) is 5.16 Å². The molecule has 4 heteroatoms. The van der Waals surface area contributed by atoms with Crippen molar-refractivity contribution in [3.63, 3.8) is 0 Å². The Morgan fingerprint density at radius 3 is 2.45 bits per heavy atom. The minimum Gasteiger partial charge on any atom is -0.450 e. The maximum absolute atomic E-state index is 12.6. The van der Waals surface area contributed by atoms with Crippen molar-refractivity contribution in [3.8, 4) is 0 Å². The van der Waals surface area contributed by atoms with E-state index in [0.29, 0.717) is 11.3 Å². The molecule has 2 aromatic rings. The molecule has 0 unspecified atom stereocenters. The number of hydrogen-bond donors (Lipinski definition) is 0. The predicted octanol–water partition coefficient (Wildman–Crippen LogP) is 3.85. The summed E-state index contributed by atoms with van der Waals surface area (Å²) in [6.07, 6.45) is 6.66. The number of esters is 1. The van der Waals surface area contributed by atoms with Crippen LogP contribution in [0.2, 0.25) is 0 Å². The molecule has 4 rings (SSSR count). The quantitative estimate of drug-likeness (QED) is 0.790. The third kappa shape index (κ3) is 1.98. The summed E-state index contributed by atoms with van der Waals surface area (Å²) in [6, 6.07) is 11.7. The van der Waals surface area contributed by atoms with E-state index in [1.165, 1.54) is 6.42 Å². The zero-order valence-corrected chi connectivity index (χ0v) is 12.2. The topological polar surface area (TPSA) is 52.3 Å². The van der Waals surface area contributed by atoms with Gasteiger partial charge >= 0.3 is 5.97 Å². The summed E-state index contributed by atoms with van der Waals surface area (Å²) in [7, 11) is 0. The molecular weight excluding hydrogens is 278 g/mol. The summed E-state index contributed by atoms with van der Waals surface area (Å²) in [4.78, 5) is 12.6. The standard InChI is InChI=1S/C18H17NO3/c20-17-15(14-9-12-19-22-14)16(13-7-3-1-4-8-13)18(21-17)10-5-2-6-11-18/h1,3-4,7-9,12H,2,5-6,10-11H2. The molecule has 0 atom stereocenters. The summed E-state index contributed by atoms with van der Waals surface area (Å²) >= 11 is 0. The van der Waals surface area contributed by atoms with E-state index in [1.807, 2.05) is 30.3 Å². The number of benzene rings is 1. The van der Waals surface area contributed by atoms with E-state index in [4.69, 9.17) is 9.26 Å². The Morgan fingerprint density at radius 1 is 1.00 bits per heavy atom. The molecule has 2 aliphatic rings. The van der Waals surface area contributed by atoms with Crippen molar-refractivity contribution in [2.75, 3.05) is 0 Å². The van der Waals surface area contributed by atoms with Crippen LogP contribution in [-0.4, -0.2) is 16.7 Å². The number of carbonyl (C=O) groups is 1. The van der Waals surface area contributed by atoms with Crippen LogP contribution >= 0.6 is 0 Å². The lowest BCUT2D eigenvalue weighted by atomic mass is 9.76. The lowest BCUT2D eigenvalue weighted by Gasteiger charge is -2.34. The van der Waals surface area contributed by atoms with Gasteiger partial charge in [0.15, 0.2) is 5.76 Å². The van der Waals surface area contributed by atoms with Gasteiger partial charge in [-0.3, -0.25) is 0 Å². The van der Waals surface area contributed by atoms with Gasteiger partial charge in [-0.15, -0.1) is 0 Å². The second-order valence-corrected chi connectivity index (χ2v) is 5.94. The second kappa shape index (κ2) is 5.13. The predicted molar refractivity (Wildman–Crippen MR) is 81.7 cm³/mol. The minimum atomic E-state index is -0.501. The number of rotatable bonds is 2. The van der Waals surface area contributed by atoms with Gasteiger partial charge in [0, 0.05) is 11.6 Å². The van der Waals surface area contributed by atoms with Gasteiger partial charge in [-0.25, -0.2) is 4.79 Å². The lowest BCUT2D eigenvalue weighted by Crippen LogP contribution is -2.33. The van der Waals surface area contributed by atoms with Crippen molar-refractivity contribution in [2.24, 2.45) is 0 Å². The molecule has 0 bridgehead atoms. The van der Waals surface area contributed by atoms with Crippen LogP contribution in [0.5, 0.6) is 0 Å². The van der Waals surface area contributed by atoms with Crippen molar-refractivity contribution in [2.45, 2.75) is 37.7 Å². The summed E-state index contributed by atoms with van der Waals surface area (Å²) in [6.45, 7) is 0. The number of nitrogens with zero attached hydrogens (tertiary/aromatic N) is 1. The summed E-state index contributed by atoms with van der Waals surface area (Å²) in [5.74, 6) is 0.198. The zero-order valence-electron chi connectivity index (χ0n) is 12.2. The molecule has 1 fully saturated rings. The van der Waals surface area contributed by atoms with Gasteiger partial charge in [-0.05, 0) is 31.2 Å². The van der Waals surface area contributed by atoms with E-state index in [1.54, 1.807) is 12.3 Å². The third-order valence-electron chi connectivity index (χ3n) is 4.61. The zero-order chi connectivity index (χ0) is 15.0. The fourth-order valence-corrected chi connectivity index (χ4v) is 3.67. The van der Waals surface area contributed by atoms with Crippen molar-refractivity contribution >= 4 is 17.1 Å². The van der Waals surface area contributed by atoms with Crippen LogP contribution in [0.1, 0.15) is 43.4 Å². The summed E-state index contributed by atoms with van der Waals surface area (Å²) < 4.78 is 11.2. The highest BCUT2D eigenvalue weighted by Gasteiger charge is 2.49. The van der Waals surface area contributed by atoms with Crippen LogP contribution in [0.15, 0.2) is 47.1 Å². The first-order valence-electron chi connectivity index (χ1n) is 7.75. The summed E-state index contributed by atoms with van der Waals surface area (Å²) in [5.41, 5.74) is 2.03. The van der Waals surface area contributed by atoms with E-state index in [0.717, 1.165) is 36.8 Å². The molecule has 1 aliphatic heterocycles. The molecule has 1 aromatic carbocycles. The first kappa shape index (κ1) is 13.3. The van der Waals surface area contributed by atoms with Gasteiger partial charge in [0.05, 0.1) is 6.20 Å². The largest absolute Gasteiger partial charge is 0.450 e. The van der Waals surface area contributed by atoms with Crippen LogP contribution in [-0.2, 0) is 9.53 Å². The SMILES string of the molecule is O=C1OC2(CCCCC2)C(c2ccccc2)=C1c1ccno1. The maximum Gasteiger partial charge on any atom is 0.343 e. The number of hydrogen-bond acceptors (Lipinski definition) is 4. The molecule has 1 aromatic heterocycles. The molecule has 1 spiro atoms. The molecule has 112 valence electrons. The van der Waals surface area contributed by atoms with E-state index >= 15 is 0 Å². The fraction of sp³-hybridized carbons (Fsp3) is 0.333. The Balaban J connectivity index is 1.94. The molecule has 0 N–H and O–H groups in total. The maximum atomic E-state index is 12.6. The molecule has 4 nitrogen and oxygen atoms in total. The van der Waals surface area contributed by atoms with Gasteiger partial charge in [-0.1, -0.05) is 41.9 Å². The Hall–Kier alpha value is -2.36. The molecule has 22 heavy (non-hydrogen) atoms. The highest BCUT2D eigenvalue weighted by atomic mass is 16.6. The van der Waals surface area contributed by atoms with E-state index in [-0.39, 0.29) is 5.97 Å². The average Bonchev–Trinajstić information content (AvgIpc) is 3.15. The van der Waals surface area contributed by atoms with Gasteiger partial charge in [0.25, 0.3) is 0 Å². The normalized spacial score (nSPS) is 20.5. The Morgan fingerprint density at radius 2 is 1.77 bits per heavy atom. The molecule has 0 amide bonds. The van der Waals surface area contributed by atoms with E-state index < -0.39 is 5.60 Å². The van der Waals surface area contributed by atoms with Gasteiger partial charge in [0.2, 0.25) is 0 Å². The van der Waals surface area contributed by atoms with Crippen molar-refractivity contribution in [1.82, 2.24) is 5.16 Å². The first-order chi connectivity index (χ1) is 10.8. The molecule has 1 aliphatic carbocycles. The van der Waals surface area contributed by atoms with Crippen LogP contribution in [0.25, 0.3) is 11.1 Å². The molecule has 0 saturated heterocycles. The van der Waals surface area contributed by atoms with Crippen LogP contribution in [0.3, 0.4) is 0 Å². The molecule has 2 heterocycles. The van der Waals surface area contributed by atoms with Crippen molar-refractivity contribution in [1.29, 1.82) is 0 Å². The van der Waals surface area contributed by atoms with Gasteiger partial charge < -0.3 is 9.26 Å². The van der Waals surface area contributed by atoms with Crippen LogP contribution in [0.4, 0.5) is 0 Å². The van der Waals surface area contributed by atoms with Crippen LogP contribution < -0.4 is 0 Å². The van der Waals surface area contributed by atoms with Crippen molar-refractivity contribution < 1.29 is 14.1 Å². The number of ether oxygens (including phenoxy) is 1. The Bertz CT molecular complexity index is 710. The van der Waals surface area contributed by atoms with E-state index in [9.17, 15) is 4.79 Å². The number of carbonyl (C=O) groups excluding carboxylic acids is 1. The Labute approximate surface area is 128 Å². The minimum absolute atomic E-state index is 0.294. The fourth-order valence-electron chi connectivity index (χ4n) is 3.67. The monoisotopic (exact) mass is 295 g/mol. The van der Waals surface area contributed by atoms with Crippen LogP contribution in [0, 0.1) is 0 Å². The van der Waals surface area contributed by atoms with Crippen molar-refractivity contribution in [3.05, 3.63) is 53.9 Å². The Kier molecular flexibility index (Phi) is 3.10. The smallest absolute Gasteiger partial charge is 0.343 e. The lowest BCUT2D eigenvalue weighted by molar-refractivity contribution is -0.146. The summed E-state index contributed by atoms with van der Waals surface area (Å²) in [5, 5.41) is 3.75. The highest BCUT2D eigenvalue weighted by molar-refractivity contribution is 6.28. The average molecular weight is 295 g/mol. The third-order valence-corrected chi connectivity index (χ3v) is 4.61. The molecular formula is C18H17NO3. The van der Waals surface area contributed by atoms with Gasteiger partial charge in [-0.2, -0.15) is 0 Å². The second-order valence-electron chi connectivity index (χ2n) is 5.94. The first-order valence-corrected chi connectivity index (χ1v) is 7.75. The molecule has 0 radical (unpaired) electrons. The molecule has 1 saturated carbocycles. The highest BCUT2D eigenvalue weighted by Crippen LogP contribution is 2.50. The number of aromatic nitrogens is 1. The van der Waals surface area contributed by atoms with Gasteiger partial charge in [0.1, 0.15) is 11.2 Å².